The number of carbonyl (C=O) groups is 1. The van der Waals surface area contributed by atoms with Crippen molar-refractivity contribution in [2.24, 2.45) is 0 Å². The van der Waals surface area contributed by atoms with E-state index in [1.807, 2.05) is 55.5 Å². The Bertz CT molecular complexity index is 850. The van der Waals surface area contributed by atoms with Gasteiger partial charge in [-0.25, -0.2) is 0 Å². The van der Waals surface area contributed by atoms with Gasteiger partial charge in [-0.1, -0.05) is 55.8 Å². The van der Waals surface area contributed by atoms with E-state index >= 15 is 0 Å². The standard InChI is InChI=1S/C19H21N5O/c1-13(2)15-8-10-17(11-9-15)20-18(25)12-24-22-19(21-23-24)16-6-4-14(3)5-7-16/h4-11,13H,12H2,1-3H3,(H,20,25). The molecule has 1 amide bonds. The maximum atomic E-state index is 12.2. The van der Waals surface area contributed by atoms with Gasteiger partial charge in [0, 0.05) is 11.3 Å². The Labute approximate surface area is 146 Å². The van der Waals surface area contributed by atoms with E-state index in [4.69, 9.17) is 0 Å². The number of benzene rings is 2. The molecule has 3 rings (SSSR count). The maximum Gasteiger partial charge on any atom is 0.248 e. The number of aromatic nitrogens is 4. The van der Waals surface area contributed by atoms with Crippen molar-refractivity contribution in [2.45, 2.75) is 33.2 Å². The number of hydrogen-bond acceptors (Lipinski definition) is 4. The van der Waals surface area contributed by atoms with Crippen molar-refractivity contribution in [3.05, 3.63) is 59.7 Å². The third-order valence-electron chi connectivity index (χ3n) is 3.91. The van der Waals surface area contributed by atoms with Gasteiger partial charge in [0.25, 0.3) is 0 Å². The molecule has 0 aliphatic rings. The van der Waals surface area contributed by atoms with Crippen molar-refractivity contribution < 1.29 is 4.79 Å². The van der Waals surface area contributed by atoms with Gasteiger partial charge in [0.15, 0.2) is 0 Å². The second-order valence-corrected chi connectivity index (χ2v) is 6.33. The first kappa shape index (κ1) is 16.8. The Morgan fingerprint density at radius 3 is 2.40 bits per heavy atom. The minimum Gasteiger partial charge on any atom is -0.324 e. The van der Waals surface area contributed by atoms with Crippen LogP contribution in [-0.4, -0.2) is 26.1 Å². The molecule has 1 N–H and O–H groups in total. The fourth-order valence-corrected chi connectivity index (χ4v) is 2.41. The highest BCUT2D eigenvalue weighted by atomic mass is 16.2. The number of tetrazole rings is 1. The van der Waals surface area contributed by atoms with Crippen LogP contribution in [0.4, 0.5) is 5.69 Å². The quantitative estimate of drug-likeness (QED) is 0.775. The summed E-state index contributed by atoms with van der Waals surface area (Å²) in [7, 11) is 0. The molecule has 1 aromatic heterocycles. The second-order valence-electron chi connectivity index (χ2n) is 6.33. The van der Waals surface area contributed by atoms with Crippen LogP contribution in [-0.2, 0) is 11.3 Å². The summed E-state index contributed by atoms with van der Waals surface area (Å²) in [5.41, 5.74) is 4.03. The summed E-state index contributed by atoms with van der Waals surface area (Å²) in [6.07, 6.45) is 0. The number of rotatable bonds is 5. The summed E-state index contributed by atoms with van der Waals surface area (Å²) < 4.78 is 0. The summed E-state index contributed by atoms with van der Waals surface area (Å²) in [6, 6.07) is 15.7. The van der Waals surface area contributed by atoms with Crippen LogP contribution in [0.5, 0.6) is 0 Å². The number of carbonyl (C=O) groups excluding carboxylic acids is 1. The van der Waals surface area contributed by atoms with Gasteiger partial charge in [-0.15, -0.1) is 10.2 Å². The predicted octanol–water partition coefficient (Wildman–Crippen LogP) is 3.41. The van der Waals surface area contributed by atoms with Crippen molar-refractivity contribution in [2.75, 3.05) is 5.32 Å². The minimum atomic E-state index is -0.190. The average Bonchev–Trinajstić information content (AvgIpc) is 3.04. The number of nitrogens with one attached hydrogen (secondary N) is 1. The first-order valence-corrected chi connectivity index (χ1v) is 8.26. The molecule has 0 atom stereocenters. The van der Waals surface area contributed by atoms with Crippen LogP contribution in [0, 0.1) is 6.92 Å². The second kappa shape index (κ2) is 7.25. The highest BCUT2D eigenvalue weighted by Gasteiger charge is 2.10. The van der Waals surface area contributed by atoms with E-state index in [0.29, 0.717) is 11.7 Å². The first-order chi connectivity index (χ1) is 12.0. The van der Waals surface area contributed by atoms with E-state index < -0.39 is 0 Å². The van der Waals surface area contributed by atoms with Crippen molar-refractivity contribution >= 4 is 11.6 Å². The predicted molar refractivity (Wildman–Crippen MR) is 97.2 cm³/mol. The molecule has 0 aliphatic carbocycles. The zero-order valence-corrected chi connectivity index (χ0v) is 14.6. The smallest absolute Gasteiger partial charge is 0.248 e. The number of amides is 1. The molecule has 1 heterocycles. The Morgan fingerprint density at radius 1 is 1.08 bits per heavy atom. The van der Waals surface area contributed by atoms with Crippen LogP contribution in [0.3, 0.4) is 0 Å². The molecule has 0 aliphatic heterocycles. The molecule has 25 heavy (non-hydrogen) atoms. The van der Waals surface area contributed by atoms with Gasteiger partial charge in [0.05, 0.1) is 0 Å². The third-order valence-corrected chi connectivity index (χ3v) is 3.91. The molecule has 6 nitrogen and oxygen atoms in total. The van der Waals surface area contributed by atoms with Crippen LogP contribution >= 0.6 is 0 Å². The molecule has 3 aromatic rings. The summed E-state index contributed by atoms with van der Waals surface area (Å²) >= 11 is 0. The molecule has 0 unspecified atom stereocenters. The monoisotopic (exact) mass is 335 g/mol. The SMILES string of the molecule is Cc1ccc(-c2nnn(CC(=O)Nc3ccc(C(C)C)cc3)n2)cc1. The number of aryl methyl sites for hydroxylation is 1. The van der Waals surface area contributed by atoms with Gasteiger partial charge in [-0.2, -0.15) is 4.80 Å². The molecule has 0 saturated heterocycles. The van der Waals surface area contributed by atoms with E-state index in [1.54, 1.807) is 0 Å². The first-order valence-electron chi connectivity index (χ1n) is 8.26. The van der Waals surface area contributed by atoms with E-state index in [1.165, 1.54) is 15.9 Å². The van der Waals surface area contributed by atoms with E-state index in [9.17, 15) is 4.79 Å². The zero-order chi connectivity index (χ0) is 17.8. The molecule has 0 fully saturated rings. The molecule has 0 saturated carbocycles. The van der Waals surface area contributed by atoms with Gasteiger partial charge in [0.2, 0.25) is 11.7 Å². The fraction of sp³-hybridized carbons (Fsp3) is 0.263. The Kier molecular flexibility index (Phi) is 4.88. The zero-order valence-electron chi connectivity index (χ0n) is 14.6. The van der Waals surface area contributed by atoms with Crippen LogP contribution < -0.4 is 5.32 Å². The van der Waals surface area contributed by atoms with Crippen LogP contribution in [0.1, 0.15) is 30.9 Å². The number of nitrogens with zero attached hydrogens (tertiary/aromatic N) is 4. The van der Waals surface area contributed by atoms with Gasteiger partial charge in [-0.05, 0) is 35.8 Å². The van der Waals surface area contributed by atoms with Crippen molar-refractivity contribution in [3.63, 3.8) is 0 Å². The van der Waals surface area contributed by atoms with E-state index in [-0.39, 0.29) is 12.5 Å². The fourth-order valence-electron chi connectivity index (χ4n) is 2.41. The lowest BCUT2D eigenvalue weighted by atomic mass is 10.0. The lowest BCUT2D eigenvalue weighted by Gasteiger charge is -2.08. The van der Waals surface area contributed by atoms with Crippen molar-refractivity contribution in [3.8, 4) is 11.4 Å². The average molecular weight is 335 g/mol. The lowest BCUT2D eigenvalue weighted by molar-refractivity contribution is -0.117. The summed E-state index contributed by atoms with van der Waals surface area (Å²) in [5.74, 6) is 0.781. The molecule has 0 radical (unpaired) electrons. The minimum absolute atomic E-state index is 0.0186. The molecule has 6 heteroatoms. The topological polar surface area (TPSA) is 72.7 Å². The Morgan fingerprint density at radius 2 is 1.76 bits per heavy atom. The Hall–Kier alpha value is -3.02. The van der Waals surface area contributed by atoms with Gasteiger partial charge in [0.1, 0.15) is 6.54 Å². The van der Waals surface area contributed by atoms with E-state index in [0.717, 1.165) is 11.3 Å². The third kappa shape index (κ3) is 4.29. The summed E-state index contributed by atoms with van der Waals surface area (Å²) in [5, 5.41) is 15.1. The molecule has 128 valence electrons. The van der Waals surface area contributed by atoms with Gasteiger partial charge >= 0.3 is 0 Å². The normalized spacial score (nSPS) is 10.9. The summed E-state index contributed by atoms with van der Waals surface area (Å²) in [6.45, 7) is 6.31. The van der Waals surface area contributed by atoms with Crippen LogP contribution in [0.25, 0.3) is 11.4 Å². The highest BCUT2D eigenvalue weighted by molar-refractivity contribution is 5.90. The maximum absolute atomic E-state index is 12.2. The molecule has 0 bridgehead atoms. The largest absolute Gasteiger partial charge is 0.324 e. The Balaban J connectivity index is 1.62. The highest BCUT2D eigenvalue weighted by Crippen LogP contribution is 2.17. The molecular formula is C19H21N5O. The van der Waals surface area contributed by atoms with Gasteiger partial charge in [-0.3, -0.25) is 4.79 Å². The number of hydrogen-bond donors (Lipinski definition) is 1. The summed E-state index contributed by atoms with van der Waals surface area (Å²) in [4.78, 5) is 13.4. The molecular weight excluding hydrogens is 314 g/mol. The van der Waals surface area contributed by atoms with Crippen molar-refractivity contribution in [1.82, 2.24) is 20.2 Å². The van der Waals surface area contributed by atoms with Crippen molar-refractivity contribution in [1.29, 1.82) is 0 Å². The van der Waals surface area contributed by atoms with Crippen LogP contribution in [0.15, 0.2) is 48.5 Å². The van der Waals surface area contributed by atoms with Gasteiger partial charge < -0.3 is 5.32 Å². The van der Waals surface area contributed by atoms with E-state index in [2.05, 4.69) is 34.6 Å². The number of anilines is 1. The lowest BCUT2D eigenvalue weighted by Crippen LogP contribution is -2.20. The molecule has 2 aromatic carbocycles. The van der Waals surface area contributed by atoms with Crippen LogP contribution in [0.2, 0.25) is 0 Å². The molecule has 0 spiro atoms.